The lowest BCUT2D eigenvalue weighted by Crippen LogP contribution is -2.41. The molecule has 10 nitrogen and oxygen atoms in total. The van der Waals surface area contributed by atoms with Crippen LogP contribution in [-0.4, -0.2) is 39.8 Å². The number of rotatable bonds is 4. The molecule has 0 radical (unpaired) electrons. The molecule has 3 N–H and O–H groups in total. The van der Waals surface area contributed by atoms with Crippen molar-refractivity contribution >= 4 is 62.7 Å². The number of nitrogens with one attached hydrogen (secondary N) is 3. The lowest BCUT2D eigenvalue weighted by molar-refractivity contribution is -0.141. The molecule has 16 heteroatoms. The van der Waals surface area contributed by atoms with E-state index in [0.29, 0.717) is 10.7 Å². The summed E-state index contributed by atoms with van der Waals surface area (Å²) in [6.45, 7) is 0. The number of methoxy groups -OCH3 is 1. The van der Waals surface area contributed by atoms with Gasteiger partial charge < -0.3 is 10.1 Å². The SMILES string of the molecule is COC(=O)NNC(=O)c1cc(Cl)cc(Br)c1NC(=O)c1cc(C(F)(F)F)nn1-c1ncccc1Cl. The van der Waals surface area contributed by atoms with Crippen molar-refractivity contribution in [3.05, 3.63) is 68.0 Å². The second kappa shape index (κ2) is 10.5. The van der Waals surface area contributed by atoms with Crippen LogP contribution in [-0.2, 0) is 10.9 Å². The smallest absolute Gasteiger partial charge is 0.435 e. The number of carbonyl (C=O) groups excluding carboxylic acids is 3. The number of hydrogen-bond acceptors (Lipinski definition) is 6. The van der Waals surface area contributed by atoms with Gasteiger partial charge in [-0.25, -0.2) is 19.9 Å². The van der Waals surface area contributed by atoms with Gasteiger partial charge in [0.15, 0.2) is 11.5 Å². The molecular formula is C19H12BrCl2F3N6O4. The quantitative estimate of drug-likeness (QED) is 0.378. The van der Waals surface area contributed by atoms with Gasteiger partial charge in [-0.3, -0.25) is 15.0 Å². The minimum atomic E-state index is -4.88. The van der Waals surface area contributed by atoms with E-state index >= 15 is 0 Å². The molecule has 2 heterocycles. The number of hydrogen-bond donors (Lipinski definition) is 3. The number of amides is 3. The molecule has 1 aromatic carbocycles. The van der Waals surface area contributed by atoms with E-state index in [4.69, 9.17) is 23.2 Å². The van der Waals surface area contributed by atoms with Gasteiger partial charge in [0.25, 0.3) is 11.8 Å². The topological polar surface area (TPSA) is 127 Å². The highest BCUT2D eigenvalue weighted by Gasteiger charge is 2.37. The Balaban J connectivity index is 2.04. The van der Waals surface area contributed by atoms with Gasteiger partial charge in [0.1, 0.15) is 5.69 Å². The Morgan fingerprint density at radius 1 is 1.11 bits per heavy atom. The average Bonchev–Trinajstić information content (AvgIpc) is 3.25. The van der Waals surface area contributed by atoms with Crippen molar-refractivity contribution in [3.63, 3.8) is 0 Å². The third-order valence-corrected chi connectivity index (χ3v) is 5.31. The third kappa shape index (κ3) is 6.01. The molecule has 0 atom stereocenters. The van der Waals surface area contributed by atoms with Crippen molar-refractivity contribution < 1.29 is 32.3 Å². The second-order valence-electron chi connectivity index (χ2n) is 6.47. The van der Waals surface area contributed by atoms with Gasteiger partial charge in [0.2, 0.25) is 0 Å². The highest BCUT2D eigenvalue weighted by Crippen LogP contribution is 2.33. The van der Waals surface area contributed by atoms with Gasteiger partial charge in [0.05, 0.1) is 23.4 Å². The second-order valence-corrected chi connectivity index (χ2v) is 8.17. The molecule has 0 saturated carbocycles. The summed E-state index contributed by atoms with van der Waals surface area (Å²) in [7, 11) is 1.06. The number of nitrogens with zero attached hydrogens (tertiary/aromatic N) is 3. The fourth-order valence-electron chi connectivity index (χ4n) is 2.66. The predicted molar refractivity (Wildman–Crippen MR) is 121 cm³/mol. The van der Waals surface area contributed by atoms with Crippen LogP contribution in [0.1, 0.15) is 26.5 Å². The lowest BCUT2D eigenvalue weighted by Gasteiger charge is -2.15. The van der Waals surface area contributed by atoms with Crippen LogP contribution in [0, 0.1) is 0 Å². The Bertz CT molecular complexity index is 1320. The van der Waals surface area contributed by atoms with E-state index in [-0.39, 0.29) is 31.6 Å². The van der Waals surface area contributed by atoms with E-state index in [1.165, 1.54) is 24.4 Å². The van der Waals surface area contributed by atoms with Crippen LogP contribution in [0.3, 0.4) is 0 Å². The molecule has 35 heavy (non-hydrogen) atoms. The van der Waals surface area contributed by atoms with Crippen molar-refractivity contribution in [3.8, 4) is 5.82 Å². The van der Waals surface area contributed by atoms with Gasteiger partial charge in [-0.05, 0) is 40.2 Å². The highest BCUT2D eigenvalue weighted by atomic mass is 79.9. The van der Waals surface area contributed by atoms with Gasteiger partial charge in [-0.15, -0.1) is 0 Å². The summed E-state index contributed by atoms with van der Waals surface area (Å²) < 4.78 is 45.2. The Kier molecular flexibility index (Phi) is 7.87. The first-order valence-corrected chi connectivity index (χ1v) is 10.7. The Labute approximate surface area is 212 Å². The van der Waals surface area contributed by atoms with E-state index in [1.54, 1.807) is 0 Å². The molecule has 0 fully saturated rings. The molecule has 0 aliphatic rings. The third-order valence-electron chi connectivity index (χ3n) is 4.17. The summed E-state index contributed by atoms with van der Waals surface area (Å²) in [4.78, 5) is 40.8. The van der Waals surface area contributed by atoms with E-state index in [2.05, 4.69) is 36.1 Å². The van der Waals surface area contributed by atoms with Crippen LogP contribution >= 0.6 is 39.1 Å². The number of aromatic nitrogens is 3. The van der Waals surface area contributed by atoms with Crippen molar-refractivity contribution in [2.45, 2.75) is 6.18 Å². The van der Waals surface area contributed by atoms with E-state index in [0.717, 1.165) is 13.2 Å². The maximum absolute atomic E-state index is 13.4. The van der Waals surface area contributed by atoms with Crippen molar-refractivity contribution in [1.29, 1.82) is 0 Å². The van der Waals surface area contributed by atoms with Crippen LogP contribution in [0.4, 0.5) is 23.7 Å². The standard InChI is InChI=1S/C19H12BrCl2F3N6O4/c1-35-18(34)29-28-16(32)9-5-8(21)6-10(20)14(9)27-17(33)12-7-13(19(23,24)25)30-31(12)15-11(22)3-2-4-26-15/h2-7H,1H3,(H,27,33)(H,28,32)(H,29,34). The minimum absolute atomic E-state index is 0.0694. The number of alkyl halides is 3. The molecule has 0 aliphatic carbocycles. The molecule has 0 aliphatic heterocycles. The number of pyridine rings is 1. The zero-order chi connectivity index (χ0) is 25.9. The Hall–Kier alpha value is -3.36. The van der Waals surface area contributed by atoms with Crippen molar-refractivity contribution in [2.75, 3.05) is 12.4 Å². The minimum Gasteiger partial charge on any atom is -0.452 e. The molecule has 3 rings (SSSR count). The van der Waals surface area contributed by atoms with E-state index in [1.807, 2.05) is 10.9 Å². The lowest BCUT2D eigenvalue weighted by atomic mass is 10.1. The monoisotopic (exact) mass is 594 g/mol. The Morgan fingerprint density at radius 2 is 1.83 bits per heavy atom. The normalized spacial score (nSPS) is 11.1. The first kappa shape index (κ1) is 26.2. The van der Waals surface area contributed by atoms with E-state index < -0.39 is 35.5 Å². The maximum atomic E-state index is 13.4. The largest absolute Gasteiger partial charge is 0.452 e. The Morgan fingerprint density at radius 3 is 2.46 bits per heavy atom. The van der Waals surface area contributed by atoms with Crippen LogP contribution < -0.4 is 16.2 Å². The molecule has 2 aromatic heterocycles. The fourth-order valence-corrected chi connectivity index (χ4v) is 3.77. The maximum Gasteiger partial charge on any atom is 0.435 e. The van der Waals surface area contributed by atoms with Crippen LogP contribution in [0.25, 0.3) is 5.82 Å². The molecule has 3 amide bonds. The average molecular weight is 596 g/mol. The molecule has 0 saturated heterocycles. The molecular weight excluding hydrogens is 584 g/mol. The number of hydrazine groups is 1. The highest BCUT2D eigenvalue weighted by molar-refractivity contribution is 9.10. The zero-order valence-corrected chi connectivity index (χ0v) is 20.3. The van der Waals surface area contributed by atoms with Gasteiger partial charge in [0, 0.05) is 21.8 Å². The summed E-state index contributed by atoms with van der Waals surface area (Å²) in [6.07, 6.45) is -4.61. The van der Waals surface area contributed by atoms with Crippen LogP contribution in [0.15, 0.2) is 41.0 Å². The fraction of sp³-hybridized carbons (Fsp3) is 0.105. The number of ether oxygens (including phenoxy) is 1. The van der Waals surface area contributed by atoms with E-state index in [9.17, 15) is 27.6 Å². The first-order chi connectivity index (χ1) is 16.4. The predicted octanol–water partition coefficient (Wildman–Crippen LogP) is 4.61. The summed E-state index contributed by atoms with van der Waals surface area (Å²) in [5.41, 5.74) is 1.61. The van der Waals surface area contributed by atoms with Gasteiger partial charge in [-0.2, -0.15) is 18.3 Å². The van der Waals surface area contributed by atoms with Crippen molar-refractivity contribution in [1.82, 2.24) is 25.6 Å². The number of anilines is 1. The molecule has 0 spiro atoms. The number of benzene rings is 1. The first-order valence-electron chi connectivity index (χ1n) is 9.15. The van der Waals surface area contributed by atoms with Crippen molar-refractivity contribution in [2.24, 2.45) is 0 Å². The molecule has 0 bridgehead atoms. The zero-order valence-electron chi connectivity index (χ0n) is 17.2. The van der Waals surface area contributed by atoms with Gasteiger partial charge >= 0.3 is 12.3 Å². The summed E-state index contributed by atoms with van der Waals surface area (Å²) in [6, 6.07) is 5.79. The molecule has 184 valence electrons. The number of halogens is 6. The summed E-state index contributed by atoms with van der Waals surface area (Å²) in [5, 5.41) is 5.79. The summed E-state index contributed by atoms with van der Waals surface area (Å²) in [5.74, 6) is -2.25. The summed E-state index contributed by atoms with van der Waals surface area (Å²) >= 11 is 15.2. The van der Waals surface area contributed by atoms with Crippen LogP contribution in [0.2, 0.25) is 10.0 Å². The molecule has 0 unspecified atom stereocenters. The number of carbonyl (C=O) groups is 3. The van der Waals surface area contributed by atoms with Crippen LogP contribution in [0.5, 0.6) is 0 Å². The van der Waals surface area contributed by atoms with Gasteiger partial charge in [-0.1, -0.05) is 23.2 Å². The molecule has 3 aromatic rings.